The maximum Gasteiger partial charge on any atom is 0.0316 e. The highest BCUT2D eigenvalue weighted by Crippen LogP contribution is 2.26. The molecule has 2 N–H and O–H groups in total. The molecule has 0 saturated heterocycles. The summed E-state index contributed by atoms with van der Waals surface area (Å²) in [5.74, 6) is -1.72. The van der Waals surface area contributed by atoms with E-state index in [1.807, 2.05) is 0 Å². The minimum Gasteiger partial charge on any atom is -0.330 e. The van der Waals surface area contributed by atoms with Crippen molar-refractivity contribution in [1.82, 2.24) is 0 Å². The lowest BCUT2D eigenvalue weighted by molar-refractivity contribution is 0.847. The normalized spacial score (nSPS) is 64.6. The molecular formula is C4H9N. The molecule has 1 nitrogen and oxygen atoms in total. The third kappa shape index (κ3) is 0.618. The van der Waals surface area contributed by atoms with Gasteiger partial charge in [-0.2, -0.15) is 0 Å². The lowest BCUT2D eigenvalue weighted by atomic mass is 10.5. The Morgan fingerprint density at radius 3 is 2.80 bits per heavy atom. The minimum absolute atomic E-state index is 0.271. The Balaban J connectivity index is 2.90. The average molecular weight is 76.2 g/mol. The van der Waals surface area contributed by atoms with Crippen LogP contribution in [-0.4, -0.2) is 6.54 Å². The van der Waals surface area contributed by atoms with Gasteiger partial charge in [-0.1, -0.05) is 0 Å². The van der Waals surface area contributed by atoms with Crippen LogP contribution in [0.2, 0.25) is 0 Å². The van der Waals surface area contributed by atoms with Crippen molar-refractivity contribution >= 4 is 0 Å². The molecule has 0 aliphatic heterocycles. The van der Waals surface area contributed by atoms with Gasteiger partial charge < -0.3 is 5.73 Å². The molecule has 1 saturated carbocycles. The van der Waals surface area contributed by atoms with Crippen LogP contribution in [0.4, 0.5) is 0 Å². The lowest BCUT2D eigenvalue weighted by Crippen LogP contribution is -1.98. The summed E-state index contributed by atoms with van der Waals surface area (Å²) in [6.45, 7) is -0.271. The molecule has 0 atom stereocenters. The molecule has 0 aromatic carbocycles. The standard InChI is InChI=1S/C4H9N/c5-3-4-1-2-4/h4H,1-3,5H2/i1D2,2D2,4D. The molecule has 1 heteroatoms. The molecule has 0 amide bonds. The predicted molar refractivity (Wildman–Crippen MR) is 21.8 cm³/mol. The second-order valence-electron chi connectivity index (χ2n) is 0.933. The smallest absolute Gasteiger partial charge is 0.0316 e. The summed E-state index contributed by atoms with van der Waals surface area (Å²) in [5, 5.41) is 0. The predicted octanol–water partition coefficient (Wildman–Crippen LogP) is 0.355. The number of hydrogen-bond acceptors (Lipinski definition) is 1. The van der Waals surface area contributed by atoms with Gasteiger partial charge in [0.15, 0.2) is 0 Å². The summed E-state index contributed by atoms with van der Waals surface area (Å²) < 4.78 is 35.3. The van der Waals surface area contributed by atoms with Gasteiger partial charge in [-0.15, -0.1) is 0 Å². The molecule has 1 fully saturated rings. The maximum atomic E-state index is 7.22. The van der Waals surface area contributed by atoms with Gasteiger partial charge >= 0.3 is 0 Å². The topological polar surface area (TPSA) is 26.0 Å². The molecule has 30 valence electrons. The van der Waals surface area contributed by atoms with E-state index in [4.69, 9.17) is 12.6 Å². The van der Waals surface area contributed by atoms with Gasteiger partial charge in [0.1, 0.15) is 0 Å². The number of hydrogen-bond donors (Lipinski definition) is 1. The number of nitrogens with two attached hydrogens (primary N) is 1. The second-order valence-corrected chi connectivity index (χ2v) is 0.933. The van der Waals surface area contributed by atoms with Crippen LogP contribution in [0, 0.1) is 5.89 Å². The first-order valence-corrected chi connectivity index (χ1v) is 1.51. The van der Waals surface area contributed by atoms with Crippen molar-refractivity contribution in [3.8, 4) is 0 Å². The van der Waals surface area contributed by atoms with E-state index in [1.54, 1.807) is 0 Å². The Hall–Kier alpha value is -0.0400. The first-order chi connectivity index (χ1) is 4.31. The van der Waals surface area contributed by atoms with E-state index in [1.165, 1.54) is 0 Å². The largest absolute Gasteiger partial charge is 0.330 e. The zero-order valence-electron chi connectivity index (χ0n) is 7.78. The van der Waals surface area contributed by atoms with E-state index in [0.717, 1.165) is 0 Å². The van der Waals surface area contributed by atoms with Crippen molar-refractivity contribution < 1.29 is 6.85 Å². The summed E-state index contributed by atoms with van der Waals surface area (Å²) >= 11 is 0. The highest BCUT2D eigenvalue weighted by atomic mass is 14.6. The summed E-state index contributed by atoms with van der Waals surface area (Å²) in [5.41, 5.74) is 5.05. The van der Waals surface area contributed by atoms with Gasteiger partial charge in [0, 0.05) is 6.85 Å². The Morgan fingerprint density at radius 2 is 2.80 bits per heavy atom. The van der Waals surface area contributed by atoms with Crippen LogP contribution in [0.15, 0.2) is 0 Å². The van der Waals surface area contributed by atoms with Gasteiger partial charge in [0.2, 0.25) is 0 Å². The van der Waals surface area contributed by atoms with Gasteiger partial charge in [0.05, 0.1) is 0 Å². The molecule has 1 rings (SSSR count). The van der Waals surface area contributed by atoms with Crippen LogP contribution in [0.1, 0.15) is 19.6 Å². The summed E-state index contributed by atoms with van der Waals surface area (Å²) in [4.78, 5) is 0. The highest BCUT2D eigenvalue weighted by molar-refractivity contribution is 4.72. The van der Waals surface area contributed by atoms with Crippen molar-refractivity contribution in [3.05, 3.63) is 0 Å². The fraction of sp³-hybridized carbons (Fsp3) is 1.00. The van der Waals surface area contributed by atoms with Gasteiger partial charge in [-0.05, 0) is 25.2 Å². The first-order valence-electron chi connectivity index (χ1n) is 4.01. The summed E-state index contributed by atoms with van der Waals surface area (Å²) in [6.07, 6.45) is -4.15. The van der Waals surface area contributed by atoms with E-state index in [2.05, 4.69) is 0 Å². The van der Waals surface area contributed by atoms with Crippen molar-refractivity contribution in [2.75, 3.05) is 6.54 Å². The zero-order chi connectivity index (χ0) is 8.21. The maximum absolute atomic E-state index is 7.22. The van der Waals surface area contributed by atoms with Crippen LogP contribution >= 0.6 is 0 Å². The summed E-state index contributed by atoms with van der Waals surface area (Å²) in [6, 6.07) is 0. The van der Waals surface area contributed by atoms with Crippen molar-refractivity contribution in [2.24, 2.45) is 11.6 Å². The SMILES string of the molecule is [2H]C1([2H])C([2H])([2H])C1([2H])CN. The molecule has 0 spiro atoms. The monoisotopic (exact) mass is 76.1 g/mol. The van der Waals surface area contributed by atoms with Crippen molar-refractivity contribution in [1.29, 1.82) is 0 Å². The van der Waals surface area contributed by atoms with Crippen molar-refractivity contribution in [2.45, 2.75) is 12.7 Å². The second kappa shape index (κ2) is 0.977. The molecule has 0 aromatic rings. The fourth-order valence-corrected chi connectivity index (χ4v) is 0.146. The van der Waals surface area contributed by atoms with Gasteiger partial charge in [-0.25, -0.2) is 0 Å². The third-order valence-corrected chi connectivity index (χ3v) is 0.506. The highest BCUT2D eigenvalue weighted by Gasteiger charge is 2.17. The Kier molecular flexibility index (Phi) is 0.153. The van der Waals surface area contributed by atoms with E-state index in [-0.39, 0.29) is 6.54 Å². The van der Waals surface area contributed by atoms with E-state index in [0.29, 0.717) is 0 Å². The first kappa shape index (κ1) is 0.784. The van der Waals surface area contributed by atoms with Crippen LogP contribution in [-0.2, 0) is 0 Å². The quantitative estimate of drug-likeness (QED) is 0.479. The van der Waals surface area contributed by atoms with Crippen LogP contribution in [0.25, 0.3) is 0 Å². The van der Waals surface area contributed by atoms with Gasteiger partial charge in [-0.3, -0.25) is 0 Å². The van der Waals surface area contributed by atoms with Gasteiger partial charge in [0.25, 0.3) is 0 Å². The lowest BCUT2D eigenvalue weighted by Gasteiger charge is -1.74. The molecule has 5 heavy (non-hydrogen) atoms. The van der Waals surface area contributed by atoms with Crippen LogP contribution < -0.4 is 5.73 Å². The Labute approximate surface area is 39.2 Å². The summed E-state index contributed by atoms with van der Waals surface area (Å²) in [7, 11) is 0. The van der Waals surface area contributed by atoms with E-state index >= 15 is 0 Å². The molecule has 0 unspecified atom stereocenters. The molecule has 1 aliphatic rings. The third-order valence-electron chi connectivity index (χ3n) is 0.506. The molecule has 0 radical (unpaired) electrons. The fourth-order valence-electron chi connectivity index (χ4n) is 0.146. The number of rotatable bonds is 1. The molecule has 0 aromatic heterocycles. The Morgan fingerprint density at radius 1 is 2.20 bits per heavy atom. The Bertz CT molecular complexity index is 151. The van der Waals surface area contributed by atoms with E-state index in [9.17, 15) is 0 Å². The van der Waals surface area contributed by atoms with Crippen LogP contribution in [0.5, 0.6) is 0 Å². The van der Waals surface area contributed by atoms with Crippen molar-refractivity contribution in [3.63, 3.8) is 0 Å². The van der Waals surface area contributed by atoms with E-state index < -0.39 is 18.6 Å². The molecular weight excluding hydrogens is 62.1 g/mol. The van der Waals surface area contributed by atoms with Crippen LogP contribution in [0.3, 0.4) is 0 Å². The minimum atomic E-state index is -2.07. The average Bonchev–Trinajstić information content (AvgIpc) is 2.11. The molecule has 1 aliphatic carbocycles. The molecule has 0 heterocycles. The zero-order valence-corrected chi connectivity index (χ0v) is 2.78. The molecule has 0 bridgehead atoms.